The predicted molar refractivity (Wildman–Crippen MR) is 79.1 cm³/mol. The van der Waals surface area contributed by atoms with E-state index in [0.29, 0.717) is 13.0 Å². The highest BCUT2D eigenvalue weighted by Crippen LogP contribution is 2.19. The first-order valence-corrected chi connectivity index (χ1v) is 6.77. The standard InChI is InChI=1S/C16H22N2O/c1-16(2,3)10-15(19)17-9-8-12-11-18-14-7-5-4-6-13(12)14/h4-7,11,18H,8-10H2,1-3H3,(H,17,19). The van der Waals surface area contributed by atoms with Gasteiger partial charge in [-0.1, -0.05) is 39.0 Å². The highest BCUT2D eigenvalue weighted by atomic mass is 16.1. The van der Waals surface area contributed by atoms with Crippen LogP contribution in [0.15, 0.2) is 30.5 Å². The van der Waals surface area contributed by atoms with E-state index in [-0.39, 0.29) is 11.3 Å². The number of hydrogen-bond donors (Lipinski definition) is 2. The van der Waals surface area contributed by atoms with Gasteiger partial charge >= 0.3 is 0 Å². The zero-order chi connectivity index (χ0) is 13.9. The number of hydrogen-bond acceptors (Lipinski definition) is 1. The maximum Gasteiger partial charge on any atom is 0.220 e. The minimum atomic E-state index is 0.0465. The minimum absolute atomic E-state index is 0.0465. The SMILES string of the molecule is CC(C)(C)CC(=O)NCCc1c[nH]c2ccccc12. The van der Waals surface area contributed by atoms with Gasteiger partial charge in [0.25, 0.3) is 0 Å². The van der Waals surface area contributed by atoms with Crippen molar-refractivity contribution < 1.29 is 4.79 Å². The lowest BCUT2D eigenvalue weighted by Crippen LogP contribution is -2.29. The first-order chi connectivity index (χ1) is 8.96. The first-order valence-electron chi connectivity index (χ1n) is 6.77. The van der Waals surface area contributed by atoms with Crippen LogP contribution in [-0.2, 0) is 11.2 Å². The molecule has 19 heavy (non-hydrogen) atoms. The van der Waals surface area contributed by atoms with E-state index in [9.17, 15) is 4.79 Å². The molecule has 0 radical (unpaired) electrons. The molecule has 0 unspecified atom stereocenters. The Morgan fingerprint density at radius 1 is 1.26 bits per heavy atom. The third-order valence-electron chi connectivity index (χ3n) is 3.08. The topological polar surface area (TPSA) is 44.9 Å². The van der Waals surface area contributed by atoms with Gasteiger partial charge in [0, 0.05) is 30.1 Å². The predicted octanol–water partition coefficient (Wildman–Crippen LogP) is 3.26. The molecule has 2 N–H and O–H groups in total. The molecule has 1 aromatic carbocycles. The van der Waals surface area contributed by atoms with E-state index < -0.39 is 0 Å². The van der Waals surface area contributed by atoms with Gasteiger partial charge in [0.1, 0.15) is 0 Å². The molecule has 0 aliphatic heterocycles. The Hall–Kier alpha value is -1.77. The van der Waals surface area contributed by atoms with E-state index in [1.54, 1.807) is 0 Å². The fourth-order valence-corrected chi connectivity index (χ4v) is 2.22. The lowest BCUT2D eigenvalue weighted by Gasteiger charge is -2.17. The number of fused-ring (bicyclic) bond motifs is 1. The van der Waals surface area contributed by atoms with Gasteiger partial charge in [0.2, 0.25) is 5.91 Å². The minimum Gasteiger partial charge on any atom is -0.361 e. The van der Waals surface area contributed by atoms with Crippen molar-refractivity contribution in [2.45, 2.75) is 33.6 Å². The summed E-state index contributed by atoms with van der Waals surface area (Å²) in [6.45, 7) is 6.92. The number of rotatable bonds is 4. The summed E-state index contributed by atoms with van der Waals surface area (Å²) in [5, 5.41) is 4.23. The quantitative estimate of drug-likeness (QED) is 0.868. The molecular weight excluding hydrogens is 236 g/mol. The van der Waals surface area contributed by atoms with E-state index in [2.05, 4.69) is 43.2 Å². The number of aromatic nitrogens is 1. The van der Waals surface area contributed by atoms with Crippen LogP contribution in [0, 0.1) is 5.41 Å². The van der Waals surface area contributed by atoms with Crippen molar-refractivity contribution >= 4 is 16.8 Å². The lowest BCUT2D eigenvalue weighted by atomic mass is 9.92. The van der Waals surface area contributed by atoms with Crippen molar-refractivity contribution in [3.8, 4) is 0 Å². The molecule has 1 heterocycles. The van der Waals surface area contributed by atoms with Gasteiger partial charge < -0.3 is 10.3 Å². The van der Waals surface area contributed by atoms with Crippen LogP contribution in [0.1, 0.15) is 32.8 Å². The Kier molecular flexibility index (Phi) is 3.93. The summed E-state index contributed by atoms with van der Waals surface area (Å²) in [4.78, 5) is 15.0. The van der Waals surface area contributed by atoms with Gasteiger partial charge in [-0.25, -0.2) is 0 Å². The van der Waals surface area contributed by atoms with Crippen molar-refractivity contribution in [2.24, 2.45) is 5.41 Å². The number of benzene rings is 1. The molecule has 2 rings (SSSR count). The second kappa shape index (κ2) is 5.47. The van der Waals surface area contributed by atoms with Crippen LogP contribution in [0.25, 0.3) is 10.9 Å². The molecule has 0 aliphatic rings. The summed E-state index contributed by atoms with van der Waals surface area (Å²) in [6, 6.07) is 8.24. The van der Waals surface area contributed by atoms with Crippen molar-refractivity contribution in [3.05, 3.63) is 36.0 Å². The van der Waals surface area contributed by atoms with Gasteiger partial charge in [-0.3, -0.25) is 4.79 Å². The van der Waals surface area contributed by atoms with Crippen LogP contribution in [-0.4, -0.2) is 17.4 Å². The number of nitrogens with one attached hydrogen (secondary N) is 2. The summed E-state index contributed by atoms with van der Waals surface area (Å²) >= 11 is 0. The number of para-hydroxylation sites is 1. The van der Waals surface area contributed by atoms with E-state index in [1.165, 1.54) is 10.9 Å². The first kappa shape index (κ1) is 13.7. The van der Waals surface area contributed by atoms with Crippen LogP contribution in [0.3, 0.4) is 0 Å². The molecule has 0 saturated heterocycles. The van der Waals surface area contributed by atoms with Gasteiger partial charge in [-0.2, -0.15) is 0 Å². The largest absolute Gasteiger partial charge is 0.361 e. The Bertz CT molecular complexity index is 563. The Morgan fingerprint density at radius 2 is 2.00 bits per heavy atom. The van der Waals surface area contributed by atoms with E-state index in [4.69, 9.17) is 0 Å². The molecule has 0 spiro atoms. The van der Waals surface area contributed by atoms with E-state index in [0.717, 1.165) is 11.9 Å². The average molecular weight is 258 g/mol. The van der Waals surface area contributed by atoms with Crippen molar-refractivity contribution in [1.29, 1.82) is 0 Å². The molecule has 2 aromatic rings. The van der Waals surface area contributed by atoms with Gasteiger partial charge in [0.05, 0.1) is 0 Å². The summed E-state index contributed by atoms with van der Waals surface area (Å²) in [5.74, 6) is 0.132. The second-order valence-electron chi connectivity index (χ2n) is 6.20. The number of amides is 1. The summed E-state index contributed by atoms with van der Waals surface area (Å²) in [7, 11) is 0. The zero-order valence-corrected chi connectivity index (χ0v) is 11.9. The van der Waals surface area contributed by atoms with Crippen LogP contribution in [0.4, 0.5) is 0 Å². The van der Waals surface area contributed by atoms with Crippen LogP contribution in [0.2, 0.25) is 0 Å². The second-order valence-corrected chi connectivity index (χ2v) is 6.20. The maximum absolute atomic E-state index is 11.7. The third kappa shape index (κ3) is 3.85. The zero-order valence-electron chi connectivity index (χ0n) is 11.9. The van der Waals surface area contributed by atoms with Crippen molar-refractivity contribution in [1.82, 2.24) is 10.3 Å². The third-order valence-corrected chi connectivity index (χ3v) is 3.08. The molecule has 0 fully saturated rings. The number of aromatic amines is 1. The normalized spacial score (nSPS) is 11.7. The molecule has 0 bridgehead atoms. The van der Waals surface area contributed by atoms with Crippen LogP contribution in [0.5, 0.6) is 0 Å². The molecular formula is C16H22N2O. The summed E-state index contributed by atoms with van der Waals surface area (Å²) in [5.41, 5.74) is 2.45. The van der Waals surface area contributed by atoms with Gasteiger partial charge in [-0.15, -0.1) is 0 Å². The number of carbonyl (C=O) groups is 1. The molecule has 1 aromatic heterocycles. The molecule has 0 saturated carbocycles. The van der Waals surface area contributed by atoms with Crippen LogP contribution < -0.4 is 5.32 Å². The molecule has 3 nitrogen and oxygen atoms in total. The average Bonchev–Trinajstić information content (AvgIpc) is 2.70. The number of carbonyl (C=O) groups excluding carboxylic acids is 1. The summed E-state index contributed by atoms with van der Waals surface area (Å²) < 4.78 is 0. The maximum atomic E-state index is 11.7. The highest BCUT2D eigenvalue weighted by molar-refractivity contribution is 5.83. The smallest absolute Gasteiger partial charge is 0.220 e. The lowest BCUT2D eigenvalue weighted by molar-refractivity contribution is -0.122. The molecule has 1 amide bonds. The summed E-state index contributed by atoms with van der Waals surface area (Å²) in [6.07, 6.45) is 3.46. The van der Waals surface area contributed by atoms with Crippen molar-refractivity contribution in [3.63, 3.8) is 0 Å². The molecule has 0 atom stereocenters. The molecule has 3 heteroatoms. The monoisotopic (exact) mass is 258 g/mol. The van der Waals surface area contributed by atoms with E-state index >= 15 is 0 Å². The fraction of sp³-hybridized carbons (Fsp3) is 0.438. The van der Waals surface area contributed by atoms with Crippen molar-refractivity contribution in [2.75, 3.05) is 6.54 Å². The molecule has 102 valence electrons. The molecule has 0 aliphatic carbocycles. The van der Waals surface area contributed by atoms with Gasteiger partial charge in [-0.05, 0) is 23.5 Å². The fourth-order valence-electron chi connectivity index (χ4n) is 2.22. The number of H-pyrrole nitrogens is 1. The Labute approximate surface area is 114 Å². The van der Waals surface area contributed by atoms with Crippen LogP contribution >= 0.6 is 0 Å². The highest BCUT2D eigenvalue weighted by Gasteiger charge is 2.15. The Morgan fingerprint density at radius 3 is 2.74 bits per heavy atom. The van der Waals surface area contributed by atoms with Gasteiger partial charge in [0.15, 0.2) is 0 Å². The Balaban J connectivity index is 1.88. The van der Waals surface area contributed by atoms with E-state index in [1.807, 2.05) is 18.3 Å².